The fraction of sp³-hybridized carbons (Fsp3) is 0.304. The molecule has 0 fully saturated rings. The van der Waals surface area contributed by atoms with E-state index in [1.54, 1.807) is 22.1 Å². The van der Waals surface area contributed by atoms with Gasteiger partial charge >= 0.3 is 0 Å². The lowest BCUT2D eigenvalue weighted by Crippen LogP contribution is -2.20. The summed E-state index contributed by atoms with van der Waals surface area (Å²) in [6, 6.07) is 22.7. The van der Waals surface area contributed by atoms with Gasteiger partial charge in [-0.3, -0.25) is 0 Å². The Balaban J connectivity index is 1.65. The van der Waals surface area contributed by atoms with Crippen LogP contribution in [0.15, 0.2) is 60.7 Å². The van der Waals surface area contributed by atoms with Crippen molar-refractivity contribution in [2.24, 2.45) is 0 Å². The predicted molar refractivity (Wildman–Crippen MR) is 97.1 cm³/mol. The van der Waals surface area contributed by atoms with Crippen LogP contribution in [0, 0.1) is 0 Å². The van der Waals surface area contributed by atoms with Crippen molar-refractivity contribution in [1.29, 1.82) is 0 Å². The SMILES string of the molecule is c1ccc(CC2CCC3CCc4cccc5ccc2c3c45)cc1. The van der Waals surface area contributed by atoms with Crippen LogP contribution in [0.4, 0.5) is 0 Å². The molecule has 0 radical (unpaired) electrons. The summed E-state index contributed by atoms with van der Waals surface area (Å²) in [5.41, 5.74) is 6.41. The summed E-state index contributed by atoms with van der Waals surface area (Å²) < 4.78 is 0. The largest absolute Gasteiger partial charge is 0.0622 e. The highest BCUT2D eigenvalue weighted by molar-refractivity contribution is 5.91. The third kappa shape index (κ3) is 2.12. The molecule has 0 saturated heterocycles. The van der Waals surface area contributed by atoms with Gasteiger partial charge in [-0.25, -0.2) is 0 Å². The van der Waals surface area contributed by atoms with Crippen LogP contribution in [-0.2, 0) is 12.8 Å². The van der Waals surface area contributed by atoms with E-state index in [4.69, 9.17) is 0 Å². The summed E-state index contributed by atoms with van der Waals surface area (Å²) in [6.07, 6.45) is 6.52. The lowest BCUT2D eigenvalue weighted by molar-refractivity contribution is 0.458. The van der Waals surface area contributed by atoms with E-state index in [1.165, 1.54) is 43.1 Å². The predicted octanol–water partition coefficient (Wildman–Crippen LogP) is 5.99. The van der Waals surface area contributed by atoms with Crippen LogP contribution in [0.2, 0.25) is 0 Å². The first-order chi connectivity index (χ1) is 11.4. The van der Waals surface area contributed by atoms with Gasteiger partial charge in [0.1, 0.15) is 0 Å². The normalized spacial score (nSPS) is 22.3. The Morgan fingerprint density at radius 1 is 0.783 bits per heavy atom. The average molecular weight is 298 g/mol. The number of rotatable bonds is 2. The maximum absolute atomic E-state index is 2.44. The molecule has 2 aliphatic carbocycles. The highest BCUT2D eigenvalue weighted by Gasteiger charge is 2.31. The number of hydrogen-bond acceptors (Lipinski definition) is 0. The summed E-state index contributed by atoms with van der Waals surface area (Å²) in [7, 11) is 0. The molecule has 2 unspecified atom stereocenters. The molecule has 0 heteroatoms. The summed E-state index contributed by atoms with van der Waals surface area (Å²) in [5.74, 6) is 1.50. The Bertz CT molecular complexity index is 860. The van der Waals surface area contributed by atoms with Crippen molar-refractivity contribution in [2.75, 3.05) is 0 Å². The summed E-state index contributed by atoms with van der Waals surface area (Å²) >= 11 is 0. The molecule has 5 rings (SSSR count). The molecule has 0 bridgehead atoms. The van der Waals surface area contributed by atoms with Gasteiger partial charge in [0, 0.05) is 0 Å². The summed E-state index contributed by atoms with van der Waals surface area (Å²) in [5, 5.41) is 3.05. The lowest BCUT2D eigenvalue weighted by atomic mass is 9.68. The summed E-state index contributed by atoms with van der Waals surface area (Å²) in [4.78, 5) is 0. The van der Waals surface area contributed by atoms with Gasteiger partial charge in [-0.1, -0.05) is 60.7 Å². The van der Waals surface area contributed by atoms with E-state index in [0.29, 0.717) is 5.92 Å². The molecule has 3 aromatic rings. The van der Waals surface area contributed by atoms with Crippen LogP contribution in [0.25, 0.3) is 10.8 Å². The fourth-order valence-corrected chi connectivity index (χ4v) is 4.94. The first-order valence-electron chi connectivity index (χ1n) is 8.98. The molecule has 2 atom stereocenters. The van der Waals surface area contributed by atoms with Gasteiger partial charge in [-0.15, -0.1) is 0 Å². The molecule has 23 heavy (non-hydrogen) atoms. The topological polar surface area (TPSA) is 0 Å². The van der Waals surface area contributed by atoms with Gasteiger partial charge in [0.15, 0.2) is 0 Å². The first-order valence-corrected chi connectivity index (χ1v) is 8.98. The van der Waals surface area contributed by atoms with Gasteiger partial charge in [0.25, 0.3) is 0 Å². The molecule has 0 saturated carbocycles. The Morgan fingerprint density at radius 2 is 1.70 bits per heavy atom. The van der Waals surface area contributed by atoms with Gasteiger partial charge < -0.3 is 0 Å². The second-order valence-corrected chi connectivity index (χ2v) is 7.28. The molecular weight excluding hydrogens is 276 g/mol. The van der Waals surface area contributed by atoms with E-state index in [2.05, 4.69) is 60.7 Å². The van der Waals surface area contributed by atoms with Gasteiger partial charge in [0.05, 0.1) is 0 Å². The molecule has 0 N–H and O–H groups in total. The first kappa shape index (κ1) is 13.4. The maximum Gasteiger partial charge on any atom is -0.0114 e. The molecule has 0 spiro atoms. The van der Waals surface area contributed by atoms with Crippen molar-refractivity contribution in [3.05, 3.63) is 82.9 Å². The van der Waals surface area contributed by atoms with E-state index < -0.39 is 0 Å². The van der Waals surface area contributed by atoms with Crippen molar-refractivity contribution < 1.29 is 0 Å². The minimum atomic E-state index is 0.694. The number of benzene rings is 3. The van der Waals surface area contributed by atoms with Gasteiger partial charge in [-0.05, 0) is 77.0 Å². The minimum Gasteiger partial charge on any atom is -0.0622 e. The molecule has 0 heterocycles. The van der Waals surface area contributed by atoms with Crippen molar-refractivity contribution in [3.8, 4) is 0 Å². The van der Waals surface area contributed by atoms with Gasteiger partial charge in [0.2, 0.25) is 0 Å². The number of hydrogen-bond donors (Lipinski definition) is 0. The van der Waals surface area contributed by atoms with Crippen LogP contribution in [0.5, 0.6) is 0 Å². The molecule has 0 amide bonds. The van der Waals surface area contributed by atoms with Crippen LogP contribution in [0.3, 0.4) is 0 Å². The van der Waals surface area contributed by atoms with Crippen LogP contribution < -0.4 is 0 Å². The zero-order valence-corrected chi connectivity index (χ0v) is 13.5. The minimum absolute atomic E-state index is 0.694. The number of aryl methyl sites for hydroxylation is 1. The Kier molecular flexibility index (Phi) is 3.04. The van der Waals surface area contributed by atoms with E-state index in [1.807, 2.05) is 0 Å². The average Bonchev–Trinajstić information content (AvgIpc) is 2.62. The molecule has 114 valence electrons. The highest BCUT2D eigenvalue weighted by Crippen LogP contribution is 2.48. The van der Waals surface area contributed by atoms with Crippen molar-refractivity contribution >= 4 is 10.8 Å². The molecule has 0 aromatic heterocycles. The van der Waals surface area contributed by atoms with Crippen LogP contribution >= 0.6 is 0 Å². The highest BCUT2D eigenvalue weighted by atomic mass is 14.4. The summed E-state index contributed by atoms with van der Waals surface area (Å²) in [6.45, 7) is 0. The standard InChI is InChI=1S/C23H22/c1-2-5-16(6-3-1)15-20-12-11-19-10-9-17-7-4-8-18-13-14-21(20)23(19)22(17)18/h1-8,13-14,19-20H,9-12,15H2. The smallest absolute Gasteiger partial charge is 0.0114 e. The third-order valence-electron chi connectivity index (χ3n) is 6.00. The van der Waals surface area contributed by atoms with Crippen LogP contribution in [0.1, 0.15) is 53.4 Å². The fourth-order valence-electron chi connectivity index (χ4n) is 4.94. The van der Waals surface area contributed by atoms with E-state index >= 15 is 0 Å². The lowest BCUT2D eigenvalue weighted by Gasteiger charge is -2.36. The van der Waals surface area contributed by atoms with E-state index in [0.717, 1.165) is 5.92 Å². The second kappa shape index (κ2) is 5.23. The Hall–Kier alpha value is -2.08. The van der Waals surface area contributed by atoms with E-state index in [-0.39, 0.29) is 0 Å². The van der Waals surface area contributed by atoms with Gasteiger partial charge in [-0.2, -0.15) is 0 Å². The van der Waals surface area contributed by atoms with Crippen molar-refractivity contribution in [3.63, 3.8) is 0 Å². The van der Waals surface area contributed by atoms with Crippen molar-refractivity contribution in [2.45, 2.75) is 43.9 Å². The Labute approximate surface area is 138 Å². The maximum atomic E-state index is 2.44. The van der Waals surface area contributed by atoms with E-state index in [9.17, 15) is 0 Å². The molecular formula is C23H22. The monoisotopic (exact) mass is 298 g/mol. The molecule has 0 aliphatic heterocycles. The van der Waals surface area contributed by atoms with Crippen molar-refractivity contribution in [1.82, 2.24) is 0 Å². The third-order valence-corrected chi connectivity index (χ3v) is 6.00. The zero-order chi connectivity index (χ0) is 15.2. The molecule has 0 nitrogen and oxygen atoms in total. The Morgan fingerprint density at radius 3 is 2.61 bits per heavy atom. The zero-order valence-electron chi connectivity index (χ0n) is 13.5. The molecule has 2 aliphatic rings. The molecule has 3 aromatic carbocycles. The van der Waals surface area contributed by atoms with Crippen LogP contribution in [-0.4, -0.2) is 0 Å². The second-order valence-electron chi connectivity index (χ2n) is 7.28. The quantitative estimate of drug-likeness (QED) is 0.545.